The van der Waals surface area contributed by atoms with Crippen molar-refractivity contribution in [3.05, 3.63) is 76.5 Å². The second-order valence-electron chi connectivity index (χ2n) is 6.19. The molecular weight excluding hydrogens is 490 g/mol. The fourth-order valence-corrected chi connectivity index (χ4v) is 5.19. The van der Waals surface area contributed by atoms with E-state index in [1.165, 1.54) is 61.7 Å². The average molecular weight is 505 g/mol. The molecule has 3 aromatic carbocycles. The smallest absolute Gasteiger partial charge is 0.262 e. The molecule has 0 aliphatic rings. The van der Waals surface area contributed by atoms with Crippen molar-refractivity contribution in [2.75, 3.05) is 16.6 Å². The van der Waals surface area contributed by atoms with Crippen LogP contribution in [0.3, 0.4) is 0 Å². The van der Waals surface area contributed by atoms with E-state index in [1.807, 2.05) is 0 Å². The molecule has 0 fully saturated rings. The lowest BCUT2D eigenvalue weighted by atomic mass is 10.3. The number of benzene rings is 3. The van der Waals surface area contributed by atoms with Crippen LogP contribution in [0.1, 0.15) is 0 Å². The van der Waals surface area contributed by atoms with Gasteiger partial charge in [0.2, 0.25) is 0 Å². The molecule has 0 aliphatic heterocycles. The zero-order chi connectivity index (χ0) is 22.8. The van der Waals surface area contributed by atoms with Gasteiger partial charge in [0.05, 0.1) is 22.6 Å². The summed E-state index contributed by atoms with van der Waals surface area (Å²) in [7, 11) is -6.83. The molecule has 0 unspecified atom stereocenters. The summed E-state index contributed by atoms with van der Waals surface area (Å²) in [5.74, 6) is -0.930. The Kier molecular flexibility index (Phi) is 6.65. The minimum atomic E-state index is -4.11. The van der Waals surface area contributed by atoms with Crippen LogP contribution in [0.5, 0.6) is 5.75 Å². The standard InChI is InChI=1S/C19H15Cl2FN2O5S2/c1-29-19-7-6-17(11-18(19)22)31(27,28)23-14-2-4-16(5-3-14)30(25,26)24-15-9-12(20)8-13(21)10-15/h2-11,23-24H,1H3. The molecule has 0 aliphatic carbocycles. The predicted octanol–water partition coefficient (Wildman–Crippen LogP) is 4.74. The summed E-state index contributed by atoms with van der Waals surface area (Å²) in [5.41, 5.74) is 0.254. The second-order valence-corrected chi connectivity index (χ2v) is 10.4. The van der Waals surface area contributed by atoms with Crippen LogP contribution in [0.25, 0.3) is 0 Å². The molecule has 0 saturated carbocycles. The van der Waals surface area contributed by atoms with Crippen molar-refractivity contribution in [1.82, 2.24) is 0 Å². The monoisotopic (exact) mass is 504 g/mol. The van der Waals surface area contributed by atoms with Crippen molar-refractivity contribution in [1.29, 1.82) is 0 Å². The van der Waals surface area contributed by atoms with Crippen LogP contribution in [-0.4, -0.2) is 23.9 Å². The van der Waals surface area contributed by atoms with Crippen LogP contribution in [-0.2, 0) is 20.0 Å². The summed E-state index contributed by atoms with van der Waals surface area (Å²) in [5, 5.41) is 0.509. The molecule has 0 radical (unpaired) electrons. The van der Waals surface area contributed by atoms with E-state index in [1.54, 1.807) is 0 Å². The highest BCUT2D eigenvalue weighted by Gasteiger charge is 2.19. The van der Waals surface area contributed by atoms with Crippen LogP contribution in [0.2, 0.25) is 10.0 Å². The summed E-state index contributed by atoms with van der Waals surface area (Å²) in [4.78, 5) is -0.441. The molecule has 0 aromatic heterocycles. The maximum Gasteiger partial charge on any atom is 0.262 e. The largest absolute Gasteiger partial charge is 0.494 e. The summed E-state index contributed by atoms with van der Waals surface area (Å²) < 4.78 is 73.2. The van der Waals surface area contributed by atoms with Crippen molar-refractivity contribution in [3.8, 4) is 5.75 Å². The molecule has 3 aromatic rings. The van der Waals surface area contributed by atoms with E-state index in [9.17, 15) is 21.2 Å². The van der Waals surface area contributed by atoms with Crippen LogP contribution in [0.15, 0.2) is 70.5 Å². The molecule has 3 rings (SSSR count). The van der Waals surface area contributed by atoms with Gasteiger partial charge in [0.25, 0.3) is 20.0 Å². The highest BCUT2D eigenvalue weighted by atomic mass is 35.5. The second kappa shape index (κ2) is 8.91. The van der Waals surface area contributed by atoms with Gasteiger partial charge >= 0.3 is 0 Å². The summed E-state index contributed by atoms with van der Waals surface area (Å²) in [6.07, 6.45) is 0. The Balaban J connectivity index is 1.80. The van der Waals surface area contributed by atoms with Crippen LogP contribution >= 0.6 is 23.2 Å². The molecule has 0 bridgehead atoms. The van der Waals surface area contributed by atoms with E-state index in [0.717, 1.165) is 6.07 Å². The average Bonchev–Trinajstić information content (AvgIpc) is 2.67. The molecule has 0 saturated heterocycles. The number of sulfonamides is 2. The summed E-state index contributed by atoms with van der Waals surface area (Å²) in [6, 6.07) is 12.4. The minimum absolute atomic E-state index is 0.0842. The molecule has 0 atom stereocenters. The van der Waals surface area contributed by atoms with Gasteiger partial charge in [-0.3, -0.25) is 9.44 Å². The number of halogens is 3. The van der Waals surface area contributed by atoms with E-state index in [4.69, 9.17) is 27.9 Å². The molecule has 0 heterocycles. The third-order valence-electron chi connectivity index (χ3n) is 3.97. The number of hydrogen-bond acceptors (Lipinski definition) is 5. The highest BCUT2D eigenvalue weighted by Crippen LogP contribution is 2.26. The maximum absolute atomic E-state index is 13.8. The van der Waals surface area contributed by atoms with Crippen molar-refractivity contribution in [2.45, 2.75) is 9.79 Å². The van der Waals surface area contributed by atoms with E-state index in [0.29, 0.717) is 0 Å². The Morgan fingerprint density at radius 3 is 1.81 bits per heavy atom. The molecule has 0 spiro atoms. The number of methoxy groups -OCH3 is 1. The van der Waals surface area contributed by atoms with Gasteiger partial charge in [-0.05, 0) is 60.7 Å². The van der Waals surface area contributed by atoms with Crippen LogP contribution in [0, 0.1) is 5.82 Å². The molecule has 31 heavy (non-hydrogen) atoms. The number of rotatable bonds is 7. The molecular formula is C19H15Cl2FN2O5S2. The van der Waals surface area contributed by atoms with Gasteiger partial charge in [0.15, 0.2) is 11.6 Å². The van der Waals surface area contributed by atoms with E-state index >= 15 is 0 Å². The molecule has 164 valence electrons. The third-order valence-corrected chi connectivity index (χ3v) is 7.18. The van der Waals surface area contributed by atoms with Crippen molar-refractivity contribution >= 4 is 54.6 Å². The molecule has 0 amide bonds. The number of nitrogens with one attached hydrogen (secondary N) is 2. The predicted molar refractivity (Wildman–Crippen MR) is 117 cm³/mol. The summed E-state index contributed by atoms with van der Waals surface area (Å²) in [6.45, 7) is 0. The Morgan fingerprint density at radius 2 is 1.26 bits per heavy atom. The van der Waals surface area contributed by atoms with Gasteiger partial charge in [0.1, 0.15) is 0 Å². The van der Waals surface area contributed by atoms with Crippen LogP contribution < -0.4 is 14.2 Å². The van der Waals surface area contributed by atoms with Gasteiger partial charge in [-0.15, -0.1) is 0 Å². The number of ether oxygens (including phenoxy) is 1. The topological polar surface area (TPSA) is 102 Å². The fourth-order valence-electron chi connectivity index (χ4n) is 2.56. The molecule has 2 N–H and O–H groups in total. The Morgan fingerprint density at radius 1 is 0.742 bits per heavy atom. The number of anilines is 2. The SMILES string of the molecule is COc1ccc(S(=O)(=O)Nc2ccc(S(=O)(=O)Nc3cc(Cl)cc(Cl)c3)cc2)cc1F. The zero-order valence-electron chi connectivity index (χ0n) is 15.8. The maximum atomic E-state index is 13.8. The van der Waals surface area contributed by atoms with Crippen molar-refractivity contribution in [3.63, 3.8) is 0 Å². The lowest BCUT2D eigenvalue weighted by Crippen LogP contribution is -2.15. The van der Waals surface area contributed by atoms with Gasteiger partial charge in [-0.1, -0.05) is 23.2 Å². The van der Waals surface area contributed by atoms with E-state index < -0.39 is 25.9 Å². The Labute approximate surface area is 188 Å². The zero-order valence-corrected chi connectivity index (χ0v) is 18.9. The van der Waals surface area contributed by atoms with Gasteiger partial charge in [-0.2, -0.15) is 0 Å². The quantitative estimate of drug-likeness (QED) is 0.483. The first kappa shape index (κ1) is 23.1. The first-order valence-electron chi connectivity index (χ1n) is 8.45. The first-order valence-corrected chi connectivity index (χ1v) is 12.2. The Hall–Kier alpha value is -2.53. The minimum Gasteiger partial charge on any atom is -0.494 e. The van der Waals surface area contributed by atoms with E-state index in [2.05, 4.69) is 9.44 Å². The lowest BCUT2D eigenvalue weighted by molar-refractivity contribution is 0.385. The first-order chi connectivity index (χ1) is 14.5. The van der Waals surface area contributed by atoms with Gasteiger partial charge in [0, 0.05) is 15.7 Å². The van der Waals surface area contributed by atoms with Crippen LogP contribution in [0.4, 0.5) is 15.8 Å². The Bertz CT molecular complexity index is 1310. The summed E-state index contributed by atoms with van der Waals surface area (Å²) >= 11 is 11.7. The van der Waals surface area contributed by atoms with Crippen molar-refractivity contribution in [2.24, 2.45) is 0 Å². The fraction of sp³-hybridized carbons (Fsp3) is 0.0526. The number of hydrogen-bond donors (Lipinski definition) is 2. The lowest BCUT2D eigenvalue weighted by Gasteiger charge is -2.11. The highest BCUT2D eigenvalue weighted by molar-refractivity contribution is 7.93. The third kappa shape index (κ3) is 5.59. The molecule has 7 nitrogen and oxygen atoms in total. The normalized spacial score (nSPS) is 11.7. The van der Waals surface area contributed by atoms with Gasteiger partial charge in [-0.25, -0.2) is 21.2 Å². The molecule has 12 heteroatoms. The van der Waals surface area contributed by atoms with Crippen molar-refractivity contribution < 1.29 is 26.0 Å². The van der Waals surface area contributed by atoms with E-state index in [-0.39, 0.29) is 37.0 Å². The van der Waals surface area contributed by atoms with Gasteiger partial charge < -0.3 is 4.74 Å².